The number of anilines is 12. The molecule has 0 N–H and O–H groups in total. The standard InChI is InChI=1S/C89H70N6O2/c1-89(2,63-45-55-87(96-3)85(57-63)94-81-51-47-73(90(65-29-13-5-14-30-65)66-31-15-6-16-32-66)59-77(81)78-60-74(48-52-82(78)94)91(67-33-17-7-18-34-67)68-35-19-8-20-36-68)64-46-56-88(97-4)86(58-64)95-83-53-49-75(92(69-37-21-9-22-38-69)70-39-23-10-24-40-70)61-79(83)80-62-76(50-54-84(80)95)93(71-41-25-11-26-42-71)72-43-27-12-28-44-72/h5-62H,1-4H3. The zero-order valence-corrected chi connectivity index (χ0v) is 54.5. The Morgan fingerprint density at radius 1 is 0.227 bits per heavy atom. The number of benzene rings is 14. The van der Waals surface area contributed by atoms with E-state index in [-0.39, 0.29) is 0 Å². The third kappa shape index (κ3) is 10.9. The minimum absolute atomic E-state index is 0.560. The van der Waals surface area contributed by atoms with Gasteiger partial charge in [-0.3, -0.25) is 0 Å². The lowest BCUT2D eigenvalue weighted by Crippen LogP contribution is -2.20. The summed E-state index contributed by atoms with van der Waals surface area (Å²) in [6.45, 7) is 4.65. The van der Waals surface area contributed by atoms with Crippen molar-refractivity contribution >= 4 is 112 Å². The average Bonchev–Trinajstić information content (AvgIpc) is 1.62. The van der Waals surface area contributed by atoms with Crippen LogP contribution in [0.25, 0.3) is 55.0 Å². The molecule has 8 nitrogen and oxygen atoms in total. The molecule has 8 heteroatoms. The second-order valence-electron chi connectivity index (χ2n) is 24.9. The molecule has 97 heavy (non-hydrogen) atoms. The van der Waals surface area contributed by atoms with Crippen molar-refractivity contribution in [3.8, 4) is 22.9 Å². The molecule has 0 aliphatic rings. The maximum Gasteiger partial charge on any atom is 0.142 e. The maximum atomic E-state index is 6.46. The van der Waals surface area contributed by atoms with E-state index in [1.54, 1.807) is 14.2 Å². The van der Waals surface area contributed by atoms with Gasteiger partial charge in [0, 0.05) is 95.2 Å². The summed E-state index contributed by atoms with van der Waals surface area (Å²) in [5.41, 5.74) is 20.4. The summed E-state index contributed by atoms with van der Waals surface area (Å²) in [7, 11) is 3.55. The van der Waals surface area contributed by atoms with Crippen LogP contribution in [-0.4, -0.2) is 23.4 Å². The second kappa shape index (κ2) is 25.4. The van der Waals surface area contributed by atoms with E-state index in [1.807, 2.05) is 0 Å². The van der Waals surface area contributed by atoms with E-state index in [4.69, 9.17) is 9.47 Å². The Balaban J connectivity index is 0.874. The Hall–Kier alpha value is -12.5. The Morgan fingerprint density at radius 3 is 0.629 bits per heavy atom. The number of hydrogen-bond acceptors (Lipinski definition) is 6. The van der Waals surface area contributed by atoms with Gasteiger partial charge in [-0.1, -0.05) is 172 Å². The van der Waals surface area contributed by atoms with Crippen LogP contribution in [0.5, 0.6) is 11.5 Å². The first-order valence-corrected chi connectivity index (χ1v) is 33.0. The lowest BCUT2D eigenvalue weighted by Gasteiger charge is -2.29. The molecule has 0 aliphatic heterocycles. The number of aromatic nitrogens is 2. The van der Waals surface area contributed by atoms with Gasteiger partial charge in [-0.15, -0.1) is 0 Å². The Morgan fingerprint density at radius 2 is 0.433 bits per heavy atom. The van der Waals surface area contributed by atoms with Crippen LogP contribution in [0.3, 0.4) is 0 Å². The fraction of sp³-hybridized carbons (Fsp3) is 0.0562. The molecule has 0 atom stereocenters. The van der Waals surface area contributed by atoms with E-state index in [1.165, 1.54) is 0 Å². The molecular formula is C89H70N6O2. The fourth-order valence-corrected chi connectivity index (χ4v) is 14.2. The SMILES string of the molecule is COc1ccc(C(C)(C)c2ccc(OC)c(-n3c4ccc(N(c5ccccc5)c5ccccc5)cc4c4cc(N(c5ccccc5)c5ccccc5)ccc43)c2)cc1-n1c2ccc(N(c3ccccc3)c3ccccc3)cc2c2cc(N(c3ccccc3)c3ccccc3)ccc21. The van der Waals surface area contributed by atoms with E-state index in [0.29, 0.717) is 0 Å². The number of methoxy groups -OCH3 is 2. The minimum atomic E-state index is -0.560. The van der Waals surface area contributed by atoms with Gasteiger partial charge in [-0.2, -0.15) is 0 Å². The molecule has 0 amide bonds. The van der Waals surface area contributed by atoms with Gasteiger partial charge in [0.25, 0.3) is 0 Å². The normalized spacial score (nSPS) is 11.5. The van der Waals surface area contributed by atoms with Crippen LogP contribution < -0.4 is 29.1 Å². The summed E-state index contributed by atoms with van der Waals surface area (Å²) >= 11 is 0. The first kappa shape index (κ1) is 59.5. The molecule has 16 aromatic rings. The summed E-state index contributed by atoms with van der Waals surface area (Å²) in [6, 6.07) is 126. The maximum absolute atomic E-state index is 6.46. The third-order valence-electron chi connectivity index (χ3n) is 18.9. The van der Waals surface area contributed by atoms with Crippen molar-refractivity contribution in [2.45, 2.75) is 19.3 Å². The zero-order chi connectivity index (χ0) is 65.4. The van der Waals surface area contributed by atoms with Gasteiger partial charge >= 0.3 is 0 Å². The molecule has 16 rings (SSSR count). The van der Waals surface area contributed by atoms with Gasteiger partial charge in [-0.05, 0) is 205 Å². The largest absolute Gasteiger partial charge is 0.495 e. The summed E-state index contributed by atoms with van der Waals surface area (Å²) < 4.78 is 17.7. The monoisotopic (exact) mass is 1250 g/mol. The molecule has 0 radical (unpaired) electrons. The summed E-state index contributed by atoms with van der Waals surface area (Å²) in [4.78, 5) is 9.35. The van der Waals surface area contributed by atoms with Crippen molar-refractivity contribution < 1.29 is 9.47 Å². The van der Waals surface area contributed by atoms with Crippen LogP contribution >= 0.6 is 0 Å². The number of fused-ring (bicyclic) bond motifs is 6. The predicted molar refractivity (Wildman–Crippen MR) is 406 cm³/mol. The number of rotatable bonds is 18. The van der Waals surface area contributed by atoms with Crippen molar-refractivity contribution in [3.05, 3.63) is 363 Å². The van der Waals surface area contributed by atoms with Gasteiger partial charge in [0.05, 0.1) is 47.7 Å². The van der Waals surface area contributed by atoms with Crippen LogP contribution in [-0.2, 0) is 5.41 Å². The molecule has 0 spiro atoms. The average molecular weight is 1260 g/mol. The van der Waals surface area contributed by atoms with Crippen LogP contribution in [0.4, 0.5) is 68.2 Å². The molecule has 0 fully saturated rings. The second-order valence-corrected chi connectivity index (χ2v) is 24.9. The number of nitrogens with zero attached hydrogens (tertiary/aromatic N) is 6. The fourth-order valence-electron chi connectivity index (χ4n) is 14.2. The molecule has 468 valence electrons. The van der Waals surface area contributed by atoms with Crippen LogP contribution in [0.1, 0.15) is 25.0 Å². The quantitative estimate of drug-likeness (QED) is 0.0853. The van der Waals surface area contributed by atoms with Crippen LogP contribution in [0.15, 0.2) is 352 Å². The highest BCUT2D eigenvalue weighted by molar-refractivity contribution is 6.14. The van der Waals surface area contributed by atoms with Gasteiger partial charge in [-0.25, -0.2) is 0 Å². The molecule has 2 heterocycles. The Kier molecular flexibility index (Phi) is 15.6. The Labute approximate surface area is 566 Å². The van der Waals surface area contributed by atoms with E-state index in [9.17, 15) is 0 Å². The third-order valence-corrected chi connectivity index (χ3v) is 18.9. The molecule has 2 aromatic heterocycles. The van der Waals surface area contributed by atoms with Crippen molar-refractivity contribution in [3.63, 3.8) is 0 Å². The zero-order valence-electron chi connectivity index (χ0n) is 54.5. The van der Waals surface area contributed by atoms with Gasteiger partial charge in [0.15, 0.2) is 0 Å². The van der Waals surface area contributed by atoms with E-state index >= 15 is 0 Å². The first-order valence-electron chi connectivity index (χ1n) is 33.0. The smallest absolute Gasteiger partial charge is 0.142 e. The van der Waals surface area contributed by atoms with E-state index < -0.39 is 5.41 Å². The molecule has 14 aromatic carbocycles. The highest BCUT2D eigenvalue weighted by Crippen LogP contribution is 2.48. The number of para-hydroxylation sites is 8. The molecule has 0 saturated carbocycles. The van der Waals surface area contributed by atoms with Crippen molar-refractivity contribution in [1.29, 1.82) is 0 Å². The lowest BCUT2D eigenvalue weighted by molar-refractivity contribution is 0.412. The lowest BCUT2D eigenvalue weighted by atomic mass is 9.77. The number of hydrogen-bond donors (Lipinski definition) is 0. The van der Waals surface area contributed by atoms with Crippen molar-refractivity contribution in [2.75, 3.05) is 33.8 Å². The molecular weight excluding hydrogens is 1190 g/mol. The van der Waals surface area contributed by atoms with Gasteiger partial charge in [0.2, 0.25) is 0 Å². The first-order chi connectivity index (χ1) is 47.8. The summed E-state index contributed by atoms with van der Waals surface area (Å²) in [6.07, 6.45) is 0. The topological polar surface area (TPSA) is 41.3 Å². The van der Waals surface area contributed by atoms with Crippen LogP contribution in [0, 0.1) is 0 Å². The van der Waals surface area contributed by atoms with E-state index in [2.05, 4.69) is 394 Å². The molecule has 0 unspecified atom stereocenters. The van der Waals surface area contributed by atoms with Gasteiger partial charge in [0.1, 0.15) is 11.5 Å². The molecule has 0 bridgehead atoms. The van der Waals surface area contributed by atoms with Crippen LogP contribution in [0.2, 0.25) is 0 Å². The number of ether oxygens (including phenoxy) is 2. The van der Waals surface area contributed by atoms with Gasteiger partial charge < -0.3 is 38.2 Å². The highest BCUT2D eigenvalue weighted by atomic mass is 16.5. The predicted octanol–water partition coefficient (Wildman–Crippen LogP) is 24.1. The molecule has 0 aliphatic carbocycles. The van der Waals surface area contributed by atoms with Crippen molar-refractivity contribution in [2.24, 2.45) is 0 Å². The van der Waals surface area contributed by atoms with Crippen molar-refractivity contribution in [1.82, 2.24) is 9.13 Å². The minimum Gasteiger partial charge on any atom is -0.495 e. The molecule has 0 saturated heterocycles. The Bertz CT molecular complexity index is 4680. The summed E-state index contributed by atoms with van der Waals surface area (Å²) in [5, 5.41) is 4.41. The van der Waals surface area contributed by atoms with E-state index in [0.717, 1.165) is 146 Å². The summed E-state index contributed by atoms with van der Waals surface area (Å²) in [5.74, 6) is 1.51. The highest BCUT2D eigenvalue weighted by Gasteiger charge is 2.30.